The fourth-order valence-electron chi connectivity index (χ4n) is 2.34. The topological polar surface area (TPSA) is 15.8 Å². The number of benzene rings is 2. The molecule has 18 heavy (non-hydrogen) atoms. The molecule has 0 radical (unpaired) electrons. The lowest BCUT2D eigenvalue weighted by Gasteiger charge is -2.00. The highest BCUT2D eigenvalue weighted by molar-refractivity contribution is 5.88. The van der Waals surface area contributed by atoms with Crippen LogP contribution in [0, 0.1) is 20.8 Å². The second-order valence-electron chi connectivity index (χ2n) is 5.02. The van der Waals surface area contributed by atoms with Crippen molar-refractivity contribution in [1.29, 1.82) is 0 Å². The summed E-state index contributed by atoms with van der Waals surface area (Å²) in [6.07, 6.45) is 0. The minimum atomic E-state index is 1.19. The van der Waals surface area contributed by atoms with Gasteiger partial charge >= 0.3 is 0 Å². The summed E-state index contributed by atoms with van der Waals surface area (Å²) in [6, 6.07) is 15.2. The third-order valence-corrected chi connectivity index (χ3v) is 3.69. The van der Waals surface area contributed by atoms with Crippen molar-refractivity contribution in [2.24, 2.45) is 0 Å². The number of fused-ring (bicyclic) bond motifs is 1. The van der Waals surface area contributed by atoms with Gasteiger partial charge in [-0.15, -0.1) is 0 Å². The van der Waals surface area contributed by atoms with Crippen LogP contribution in [0.25, 0.3) is 22.2 Å². The normalized spacial score (nSPS) is 11.1. The third kappa shape index (κ3) is 1.72. The Morgan fingerprint density at radius 3 is 2.28 bits per heavy atom. The molecule has 0 fully saturated rings. The molecular weight excluding hydrogens is 218 g/mol. The smallest absolute Gasteiger partial charge is 0.0491 e. The highest BCUT2D eigenvalue weighted by Gasteiger charge is 2.06. The van der Waals surface area contributed by atoms with E-state index in [-0.39, 0.29) is 0 Å². The van der Waals surface area contributed by atoms with E-state index in [4.69, 9.17) is 0 Å². The lowest BCUT2D eigenvalue weighted by Crippen LogP contribution is -1.82. The Hall–Kier alpha value is -2.02. The van der Waals surface area contributed by atoms with Crippen molar-refractivity contribution >= 4 is 10.9 Å². The van der Waals surface area contributed by atoms with Crippen LogP contribution in [0.4, 0.5) is 0 Å². The number of aromatic amines is 1. The number of H-pyrrole nitrogens is 1. The van der Waals surface area contributed by atoms with Gasteiger partial charge < -0.3 is 4.98 Å². The summed E-state index contributed by atoms with van der Waals surface area (Å²) in [5, 5.41) is 1.29. The average molecular weight is 235 g/mol. The second-order valence-corrected chi connectivity index (χ2v) is 5.02. The van der Waals surface area contributed by atoms with Crippen molar-refractivity contribution in [3.63, 3.8) is 0 Å². The molecule has 0 aliphatic heterocycles. The van der Waals surface area contributed by atoms with Crippen LogP contribution in [0.2, 0.25) is 0 Å². The summed E-state index contributed by atoms with van der Waals surface area (Å²) in [6.45, 7) is 6.44. The summed E-state index contributed by atoms with van der Waals surface area (Å²) < 4.78 is 0. The van der Waals surface area contributed by atoms with Crippen LogP contribution in [0.1, 0.15) is 16.7 Å². The van der Waals surface area contributed by atoms with Gasteiger partial charge in [0.05, 0.1) is 0 Å². The van der Waals surface area contributed by atoms with E-state index in [1.165, 1.54) is 38.9 Å². The average Bonchev–Trinajstić information content (AvgIpc) is 2.80. The molecule has 0 aliphatic rings. The van der Waals surface area contributed by atoms with Crippen LogP contribution in [0.15, 0.2) is 42.5 Å². The highest BCUT2D eigenvalue weighted by atomic mass is 14.7. The lowest BCUT2D eigenvalue weighted by atomic mass is 10.1. The molecule has 3 aromatic rings. The van der Waals surface area contributed by atoms with Gasteiger partial charge in [-0.2, -0.15) is 0 Å². The van der Waals surface area contributed by atoms with E-state index < -0.39 is 0 Å². The summed E-state index contributed by atoms with van der Waals surface area (Å²) >= 11 is 0. The van der Waals surface area contributed by atoms with Gasteiger partial charge in [0.1, 0.15) is 0 Å². The molecular formula is C17H17N. The van der Waals surface area contributed by atoms with Crippen LogP contribution in [-0.2, 0) is 0 Å². The van der Waals surface area contributed by atoms with Crippen LogP contribution in [-0.4, -0.2) is 4.98 Å². The Balaban J connectivity index is 2.19. The minimum Gasteiger partial charge on any atom is -0.354 e. The number of hydrogen-bond acceptors (Lipinski definition) is 0. The van der Waals surface area contributed by atoms with Crippen molar-refractivity contribution in [1.82, 2.24) is 4.98 Å². The Morgan fingerprint density at radius 1 is 0.833 bits per heavy atom. The number of rotatable bonds is 1. The highest BCUT2D eigenvalue weighted by Crippen LogP contribution is 2.27. The Kier molecular flexibility index (Phi) is 2.48. The van der Waals surface area contributed by atoms with Crippen LogP contribution >= 0.6 is 0 Å². The molecule has 0 saturated carbocycles. The molecule has 1 N–H and O–H groups in total. The zero-order valence-corrected chi connectivity index (χ0v) is 11.0. The first-order chi connectivity index (χ1) is 8.65. The zero-order chi connectivity index (χ0) is 12.7. The van der Waals surface area contributed by atoms with Gasteiger partial charge in [0.2, 0.25) is 0 Å². The van der Waals surface area contributed by atoms with Crippen molar-refractivity contribution in [2.45, 2.75) is 20.8 Å². The lowest BCUT2D eigenvalue weighted by molar-refractivity contribution is 1.34. The van der Waals surface area contributed by atoms with E-state index in [1.807, 2.05) is 0 Å². The van der Waals surface area contributed by atoms with E-state index in [9.17, 15) is 0 Å². The van der Waals surface area contributed by atoms with Gasteiger partial charge in [0, 0.05) is 16.6 Å². The van der Waals surface area contributed by atoms with Gasteiger partial charge in [-0.05, 0) is 43.5 Å². The first-order valence-corrected chi connectivity index (χ1v) is 6.31. The molecule has 1 heterocycles. The summed E-state index contributed by atoms with van der Waals surface area (Å²) in [7, 11) is 0. The summed E-state index contributed by atoms with van der Waals surface area (Å²) in [4.78, 5) is 3.54. The van der Waals surface area contributed by atoms with Crippen molar-refractivity contribution in [3.8, 4) is 11.3 Å². The van der Waals surface area contributed by atoms with Crippen molar-refractivity contribution in [2.75, 3.05) is 0 Å². The maximum absolute atomic E-state index is 3.54. The van der Waals surface area contributed by atoms with Gasteiger partial charge in [-0.1, -0.05) is 42.0 Å². The SMILES string of the molecule is Cc1ccc(-c2cc3ccc(C)c(C)c3[nH]2)cc1. The second kappa shape index (κ2) is 4.02. The molecule has 2 aromatic carbocycles. The molecule has 1 aromatic heterocycles. The first kappa shape index (κ1) is 11.1. The largest absolute Gasteiger partial charge is 0.354 e. The molecule has 0 aliphatic carbocycles. The molecule has 0 saturated heterocycles. The van der Waals surface area contributed by atoms with Crippen LogP contribution < -0.4 is 0 Å². The Morgan fingerprint density at radius 2 is 1.56 bits per heavy atom. The summed E-state index contributed by atoms with van der Waals surface area (Å²) in [5.41, 5.74) is 7.66. The van der Waals surface area contributed by atoms with Crippen molar-refractivity contribution in [3.05, 3.63) is 59.2 Å². The molecule has 90 valence electrons. The standard InChI is InChI=1S/C17H17N/c1-11-4-7-14(8-5-11)16-10-15-9-6-12(2)13(3)17(15)18-16/h4-10,18H,1-3H3. The molecule has 0 spiro atoms. The molecule has 0 amide bonds. The number of hydrogen-bond donors (Lipinski definition) is 1. The van der Waals surface area contributed by atoms with Gasteiger partial charge in [0.25, 0.3) is 0 Å². The predicted octanol–water partition coefficient (Wildman–Crippen LogP) is 4.76. The van der Waals surface area contributed by atoms with Gasteiger partial charge in [-0.3, -0.25) is 0 Å². The van der Waals surface area contributed by atoms with Crippen LogP contribution in [0.3, 0.4) is 0 Å². The van der Waals surface area contributed by atoms with Crippen molar-refractivity contribution < 1.29 is 0 Å². The van der Waals surface area contributed by atoms with Gasteiger partial charge in [0.15, 0.2) is 0 Å². The fourth-order valence-corrected chi connectivity index (χ4v) is 2.34. The first-order valence-electron chi connectivity index (χ1n) is 6.31. The Labute approximate surface area is 107 Å². The summed E-state index contributed by atoms with van der Waals surface area (Å²) in [5.74, 6) is 0. The molecule has 0 bridgehead atoms. The predicted molar refractivity (Wildman–Crippen MR) is 77.9 cm³/mol. The van der Waals surface area contributed by atoms with E-state index in [1.54, 1.807) is 0 Å². The van der Waals surface area contributed by atoms with E-state index in [2.05, 4.69) is 68.2 Å². The Bertz CT molecular complexity index is 702. The van der Waals surface area contributed by atoms with E-state index in [0.29, 0.717) is 0 Å². The quantitative estimate of drug-likeness (QED) is 0.626. The maximum Gasteiger partial charge on any atom is 0.0491 e. The molecule has 0 unspecified atom stereocenters. The molecule has 1 heteroatoms. The van der Waals surface area contributed by atoms with E-state index >= 15 is 0 Å². The monoisotopic (exact) mass is 235 g/mol. The van der Waals surface area contributed by atoms with Crippen LogP contribution in [0.5, 0.6) is 0 Å². The van der Waals surface area contributed by atoms with E-state index in [0.717, 1.165) is 0 Å². The third-order valence-electron chi connectivity index (χ3n) is 3.69. The van der Waals surface area contributed by atoms with Gasteiger partial charge in [-0.25, -0.2) is 0 Å². The number of aromatic nitrogens is 1. The minimum absolute atomic E-state index is 1.19. The number of aryl methyl sites for hydroxylation is 3. The number of nitrogens with one attached hydrogen (secondary N) is 1. The molecule has 0 atom stereocenters. The zero-order valence-electron chi connectivity index (χ0n) is 11.0. The molecule has 1 nitrogen and oxygen atoms in total. The molecule has 3 rings (SSSR count). The maximum atomic E-state index is 3.54. The fraction of sp³-hybridized carbons (Fsp3) is 0.176.